The summed E-state index contributed by atoms with van der Waals surface area (Å²) < 4.78 is 5.46. The third-order valence-corrected chi connectivity index (χ3v) is 3.72. The Bertz CT molecular complexity index is 313. The number of ether oxygens (including phenoxy) is 1. The quantitative estimate of drug-likeness (QED) is 0.805. The summed E-state index contributed by atoms with van der Waals surface area (Å²) in [5.74, 6) is 2.73. The van der Waals surface area contributed by atoms with Gasteiger partial charge < -0.3 is 10.1 Å². The average molecular weight is 253 g/mol. The van der Waals surface area contributed by atoms with Crippen LogP contribution in [0.4, 0.5) is 0 Å². The van der Waals surface area contributed by atoms with Crippen LogP contribution in [0, 0.1) is 5.92 Å². The molecule has 2 atom stereocenters. The zero-order valence-electron chi connectivity index (χ0n) is 11.2. The lowest BCUT2D eigenvalue weighted by atomic mass is 9.96. The van der Waals surface area contributed by atoms with Gasteiger partial charge >= 0.3 is 0 Å². The predicted octanol–water partition coefficient (Wildman–Crippen LogP) is 3.34. The van der Waals surface area contributed by atoms with E-state index in [1.807, 2.05) is 25.7 Å². The Morgan fingerprint density at radius 2 is 1.94 bits per heavy atom. The summed E-state index contributed by atoms with van der Waals surface area (Å²) in [5.41, 5.74) is 1.33. The SMILES string of the molecule is CCOc1ccc(C(NC)C(C)CSC)cc1. The van der Waals surface area contributed by atoms with E-state index in [4.69, 9.17) is 4.74 Å². The molecule has 0 aliphatic rings. The predicted molar refractivity (Wildman–Crippen MR) is 77.0 cm³/mol. The van der Waals surface area contributed by atoms with Gasteiger partial charge in [-0.2, -0.15) is 11.8 Å². The zero-order valence-corrected chi connectivity index (χ0v) is 12.0. The van der Waals surface area contributed by atoms with Crippen LogP contribution in [0.25, 0.3) is 0 Å². The molecular formula is C14H23NOS. The molecule has 0 amide bonds. The third kappa shape index (κ3) is 4.25. The minimum absolute atomic E-state index is 0.415. The van der Waals surface area contributed by atoms with Crippen molar-refractivity contribution in [1.29, 1.82) is 0 Å². The number of thioether (sulfide) groups is 1. The Balaban J connectivity index is 2.74. The van der Waals surface area contributed by atoms with E-state index in [9.17, 15) is 0 Å². The number of hydrogen-bond acceptors (Lipinski definition) is 3. The Hall–Kier alpha value is -0.670. The van der Waals surface area contributed by atoms with E-state index < -0.39 is 0 Å². The highest BCUT2D eigenvalue weighted by atomic mass is 32.2. The molecule has 0 heterocycles. The lowest BCUT2D eigenvalue weighted by Crippen LogP contribution is -2.24. The van der Waals surface area contributed by atoms with Gasteiger partial charge in [-0.3, -0.25) is 0 Å². The molecule has 0 fully saturated rings. The fourth-order valence-corrected chi connectivity index (χ4v) is 2.80. The molecule has 1 aromatic carbocycles. The van der Waals surface area contributed by atoms with E-state index in [1.165, 1.54) is 11.3 Å². The Labute approximate surface area is 109 Å². The first-order valence-electron chi connectivity index (χ1n) is 6.11. The first kappa shape index (κ1) is 14.4. The molecule has 0 radical (unpaired) electrons. The van der Waals surface area contributed by atoms with E-state index in [0.29, 0.717) is 12.0 Å². The second kappa shape index (κ2) is 7.62. The normalized spacial score (nSPS) is 14.4. The van der Waals surface area contributed by atoms with Gasteiger partial charge in [0.05, 0.1) is 6.61 Å². The van der Waals surface area contributed by atoms with Crippen molar-refractivity contribution in [3.05, 3.63) is 29.8 Å². The maximum absolute atomic E-state index is 5.46. The summed E-state index contributed by atoms with van der Waals surface area (Å²) in [6.07, 6.45) is 2.15. The molecule has 0 aliphatic heterocycles. The topological polar surface area (TPSA) is 21.3 Å². The van der Waals surface area contributed by atoms with Crippen LogP contribution in [-0.2, 0) is 0 Å². The first-order chi connectivity index (χ1) is 8.22. The van der Waals surface area contributed by atoms with Gasteiger partial charge in [0.1, 0.15) is 5.75 Å². The molecular weight excluding hydrogens is 230 g/mol. The lowest BCUT2D eigenvalue weighted by Gasteiger charge is -2.23. The highest BCUT2D eigenvalue weighted by Gasteiger charge is 2.16. The standard InChI is InChI=1S/C14H23NOS/c1-5-16-13-8-6-12(7-9-13)14(15-3)11(2)10-17-4/h6-9,11,14-15H,5,10H2,1-4H3. The van der Waals surface area contributed by atoms with Crippen molar-refractivity contribution in [2.24, 2.45) is 5.92 Å². The minimum Gasteiger partial charge on any atom is -0.494 e. The number of benzene rings is 1. The molecule has 0 saturated heterocycles. The molecule has 3 heteroatoms. The minimum atomic E-state index is 0.415. The summed E-state index contributed by atoms with van der Waals surface area (Å²) in [6.45, 7) is 5.01. The summed E-state index contributed by atoms with van der Waals surface area (Å²) >= 11 is 1.89. The van der Waals surface area contributed by atoms with Crippen molar-refractivity contribution < 1.29 is 4.74 Å². The van der Waals surface area contributed by atoms with Gasteiger partial charge in [-0.1, -0.05) is 19.1 Å². The van der Waals surface area contributed by atoms with Crippen LogP contribution in [0.2, 0.25) is 0 Å². The lowest BCUT2D eigenvalue weighted by molar-refractivity contribution is 0.340. The van der Waals surface area contributed by atoms with Gasteiger partial charge in [-0.15, -0.1) is 0 Å². The monoisotopic (exact) mass is 253 g/mol. The van der Waals surface area contributed by atoms with Gasteiger partial charge in [-0.25, -0.2) is 0 Å². The molecule has 0 aromatic heterocycles. The van der Waals surface area contributed by atoms with Crippen molar-refractivity contribution in [3.63, 3.8) is 0 Å². The Morgan fingerprint density at radius 3 is 2.41 bits per heavy atom. The molecule has 17 heavy (non-hydrogen) atoms. The maximum atomic E-state index is 5.46. The van der Waals surface area contributed by atoms with E-state index in [2.05, 4.69) is 42.8 Å². The molecule has 0 aliphatic carbocycles. The first-order valence-corrected chi connectivity index (χ1v) is 7.51. The second-order valence-corrected chi connectivity index (χ2v) is 5.11. The molecule has 2 nitrogen and oxygen atoms in total. The molecule has 96 valence electrons. The Morgan fingerprint density at radius 1 is 1.29 bits per heavy atom. The smallest absolute Gasteiger partial charge is 0.119 e. The molecule has 0 bridgehead atoms. The van der Waals surface area contributed by atoms with E-state index in [-0.39, 0.29) is 0 Å². The van der Waals surface area contributed by atoms with Crippen molar-refractivity contribution in [1.82, 2.24) is 5.32 Å². The van der Waals surface area contributed by atoms with Crippen molar-refractivity contribution >= 4 is 11.8 Å². The van der Waals surface area contributed by atoms with Crippen molar-refractivity contribution in [3.8, 4) is 5.75 Å². The van der Waals surface area contributed by atoms with Crippen molar-refractivity contribution in [2.75, 3.05) is 25.7 Å². The van der Waals surface area contributed by atoms with Crippen LogP contribution in [0.5, 0.6) is 5.75 Å². The fraction of sp³-hybridized carbons (Fsp3) is 0.571. The van der Waals surface area contributed by atoms with Gasteiger partial charge in [0.25, 0.3) is 0 Å². The highest BCUT2D eigenvalue weighted by Crippen LogP contribution is 2.25. The average Bonchev–Trinajstić information content (AvgIpc) is 2.33. The fourth-order valence-electron chi connectivity index (χ4n) is 2.08. The van der Waals surface area contributed by atoms with Crippen molar-refractivity contribution in [2.45, 2.75) is 19.9 Å². The second-order valence-electron chi connectivity index (χ2n) is 4.20. The van der Waals surface area contributed by atoms with Gasteiger partial charge in [-0.05, 0) is 49.6 Å². The van der Waals surface area contributed by atoms with Crippen LogP contribution >= 0.6 is 11.8 Å². The molecule has 0 spiro atoms. The van der Waals surface area contributed by atoms with Crippen LogP contribution in [-0.4, -0.2) is 25.7 Å². The largest absolute Gasteiger partial charge is 0.494 e. The van der Waals surface area contributed by atoms with Gasteiger partial charge in [0, 0.05) is 6.04 Å². The van der Waals surface area contributed by atoms with Crippen LogP contribution in [0.3, 0.4) is 0 Å². The molecule has 0 saturated carbocycles. The van der Waals surface area contributed by atoms with Crippen LogP contribution < -0.4 is 10.1 Å². The third-order valence-electron chi connectivity index (χ3n) is 2.86. The van der Waals surface area contributed by atoms with E-state index >= 15 is 0 Å². The van der Waals surface area contributed by atoms with Gasteiger partial charge in [0.2, 0.25) is 0 Å². The summed E-state index contributed by atoms with van der Waals surface area (Å²) in [5, 5.41) is 3.40. The summed E-state index contributed by atoms with van der Waals surface area (Å²) in [7, 11) is 2.03. The Kier molecular flexibility index (Phi) is 6.45. The summed E-state index contributed by atoms with van der Waals surface area (Å²) in [6, 6.07) is 8.83. The van der Waals surface area contributed by atoms with Crippen LogP contribution in [0.1, 0.15) is 25.5 Å². The number of rotatable bonds is 7. The zero-order chi connectivity index (χ0) is 12.7. The van der Waals surface area contributed by atoms with E-state index in [1.54, 1.807) is 0 Å². The number of nitrogens with one attached hydrogen (secondary N) is 1. The number of hydrogen-bond donors (Lipinski definition) is 1. The molecule has 2 unspecified atom stereocenters. The van der Waals surface area contributed by atoms with Crippen LogP contribution in [0.15, 0.2) is 24.3 Å². The van der Waals surface area contributed by atoms with Gasteiger partial charge in [0.15, 0.2) is 0 Å². The molecule has 1 rings (SSSR count). The maximum Gasteiger partial charge on any atom is 0.119 e. The molecule has 1 aromatic rings. The molecule has 1 N–H and O–H groups in total. The highest BCUT2D eigenvalue weighted by molar-refractivity contribution is 7.98. The summed E-state index contributed by atoms with van der Waals surface area (Å²) in [4.78, 5) is 0. The van der Waals surface area contributed by atoms with E-state index in [0.717, 1.165) is 12.4 Å².